The minimum atomic E-state index is 0.0786. The number of carbonyl (C=O) groups is 1. The highest BCUT2D eigenvalue weighted by Crippen LogP contribution is 2.27. The van der Waals surface area contributed by atoms with Crippen LogP contribution >= 0.6 is 0 Å². The van der Waals surface area contributed by atoms with Crippen LogP contribution in [-0.4, -0.2) is 37.0 Å². The highest BCUT2D eigenvalue weighted by Gasteiger charge is 2.19. The minimum Gasteiger partial charge on any atom is -0.490 e. The van der Waals surface area contributed by atoms with Crippen molar-refractivity contribution in [2.24, 2.45) is 0 Å². The Morgan fingerprint density at radius 3 is 2.73 bits per heavy atom. The van der Waals surface area contributed by atoms with Gasteiger partial charge in [0, 0.05) is 31.6 Å². The monoisotopic (exact) mass is 304 g/mol. The van der Waals surface area contributed by atoms with Crippen LogP contribution < -0.4 is 10.1 Å². The maximum absolute atomic E-state index is 11.5. The van der Waals surface area contributed by atoms with E-state index in [9.17, 15) is 4.79 Å². The maximum Gasteiger partial charge on any atom is 0.221 e. The Labute approximate surface area is 133 Å². The summed E-state index contributed by atoms with van der Waals surface area (Å²) in [5.74, 6) is 1.07. The van der Waals surface area contributed by atoms with E-state index < -0.39 is 0 Å². The van der Waals surface area contributed by atoms with Gasteiger partial charge in [-0.25, -0.2) is 0 Å². The van der Waals surface area contributed by atoms with Crippen molar-refractivity contribution in [1.29, 1.82) is 0 Å². The summed E-state index contributed by atoms with van der Waals surface area (Å²) in [7, 11) is 3.74. The topological polar surface area (TPSA) is 41.6 Å². The Balaban J connectivity index is 1.97. The number of nitrogens with zero attached hydrogens (tertiary/aromatic N) is 1. The molecule has 1 N–H and O–H groups in total. The van der Waals surface area contributed by atoms with Gasteiger partial charge in [-0.1, -0.05) is 18.2 Å². The molecule has 0 bridgehead atoms. The van der Waals surface area contributed by atoms with E-state index >= 15 is 0 Å². The van der Waals surface area contributed by atoms with Crippen LogP contribution in [0.3, 0.4) is 0 Å². The molecule has 0 aliphatic heterocycles. The van der Waals surface area contributed by atoms with Crippen molar-refractivity contribution >= 4 is 5.91 Å². The van der Waals surface area contributed by atoms with Crippen molar-refractivity contribution in [3.63, 3.8) is 0 Å². The largest absolute Gasteiger partial charge is 0.490 e. The zero-order valence-corrected chi connectivity index (χ0v) is 14.0. The fourth-order valence-electron chi connectivity index (χ4n) is 2.89. The van der Waals surface area contributed by atoms with Crippen molar-refractivity contribution in [2.75, 3.05) is 14.1 Å². The predicted octanol–water partition coefficient (Wildman–Crippen LogP) is 2.96. The lowest BCUT2D eigenvalue weighted by atomic mass is 10.1. The number of amides is 1. The highest BCUT2D eigenvalue weighted by atomic mass is 16.5. The molecule has 0 heterocycles. The predicted molar refractivity (Wildman–Crippen MR) is 88.9 cm³/mol. The number of hydrogen-bond acceptors (Lipinski definition) is 3. The normalized spacial score (nSPS) is 16.7. The van der Waals surface area contributed by atoms with E-state index in [2.05, 4.69) is 36.3 Å². The number of carbonyl (C=O) groups excluding carboxylic acids is 1. The molecule has 0 radical (unpaired) electrons. The quantitative estimate of drug-likeness (QED) is 0.842. The third-order valence-electron chi connectivity index (χ3n) is 4.50. The molecule has 22 heavy (non-hydrogen) atoms. The molecule has 1 atom stereocenters. The van der Waals surface area contributed by atoms with Crippen molar-refractivity contribution in [1.82, 2.24) is 10.2 Å². The van der Waals surface area contributed by atoms with Crippen LogP contribution in [0.15, 0.2) is 24.3 Å². The van der Waals surface area contributed by atoms with E-state index in [1.54, 1.807) is 7.05 Å². The van der Waals surface area contributed by atoms with E-state index in [-0.39, 0.29) is 11.9 Å². The lowest BCUT2D eigenvalue weighted by Gasteiger charge is -2.25. The van der Waals surface area contributed by atoms with Gasteiger partial charge in [-0.15, -0.1) is 0 Å². The van der Waals surface area contributed by atoms with Crippen molar-refractivity contribution in [2.45, 2.75) is 57.7 Å². The Hall–Kier alpha value is -1.55. The van der Waals surface area contributed by atoms with E-state index in [0.29, 0.717) is 12.5 Å². The molecule has 1 aliphatic carbocycles. The zero-order chi connectivity index (χ0) is 15.9. The summed E-state index contributed by atoms with van der Waals surface area (Å²) < 4.78 is 6.18. The fraction of sp³-hybridized carbons (Fsp3) is 0.611. The van der Waals surface area contributed by atoms with Gasteiger partial charge >= 0.3 is 0 Å². The van der Waals surface area contributed by atoms with Crippen LogP contribution in [0.4, 0.5) is 0 Å². The van der Waals surface area contributed by atoms with Gasteiger partial charge in [0.15, 0.2) is 0 Å². The first-order valence-electron chi connectivity index (χ1n) is 8.25. The molecule has 122 valence electrons. The fourth-order valence-corrected chi connectivity index (χ4v) is 2.89. The van der Waals surface area contributed by atoms with Crippen LogP contribution in [0, 0.1) is 0 Å². The molecular weight excluding hydrogens is 276 g/mol. The average Bonchev–Trinajstić information content (AvgIpc) is 3.02. The van der Waals surface area contributed by atoms with Crippen LogP contribution in [0.5, 0.6) is 5.75 Å². The summed E-state index contributed by atoms with van der Waals surface area (Å²) in [6.07, 6.45) is 5.76. The smallest absolute Gasteiger partial charge is 0.221 e. The van der Waals surface area contributed by atoms with Crippen LogP contribution in [-0.2, 0) is 11.3 Å². The lowest BCUT2D eigenvalue weighted by molar-refractivity contribution is -0.121. The van der Waals surface area contributed by atoms with Gasteiger partial charge in [0.1, 0.15) is 5.75 Å². The standard InChI is InChI=1S/C18H28N2O2/c1-14(12-18(21)19-2)20(3)13-15-8-4-7-11-17(15)22-16-9-5-6-10-16/h4,7-8,11,14,16H,5-6,9-10,12-13H2,1-3H3,(H,19,21)/t14-/m1/s1. The van der Waals surface area contributed by atoms with Gasteiger partial charge in [-0.05, 0) is 45.7 Å². The first-order valence-corrected chi connectivity index (χ1v) is 8.25. The Kier molecular flexibility index (Phi) is 6.25. The lowest BCUT2D eigenvalue weighted by Crippen LogP contribution is -2.34. The summed E-state index contributed by atoms with van der Waals surface area (Å²) in [5.41, 5.74) is 1.20. The van der Waals surface area contributed by atoms with Gasteiger partial charge in [0.2, 0.25) is 5.91 Å². The van der Waals surface area contributed by atoms with E-state index in [1.165, 1.54) is 18.4 Å². The van der Waals surface area contributed by atoms with Crippen LogP contribution in [0.1, 0.15) is 44.6 Å². The Bertz CT molecular complexity index is 484. The number of benzene rings is 1. The molecule has 1 aromatic rings. The molecule has 1 fully saturated rings. The molecular formula is C18H28N2O2. The number of nitrogens with one attached hydrogen (secondary N) is 1. The summed E-state index contributed by atoms with van der Waals surface area (Å²) in [5, 5.41) is 2.68. The second kappa shape index (κ2) is 8.18. The van der Waals surface area contributed by atoms with Gasteiger partial charge in [0.25, 0.3) is 0 Å². The van der Waals surface area contributed by atoms with E-state index in [4.69, 9.17) is 4.74 Å². The highest BCUT2D eigenvalue weighted by molar-refractivity contribution is 5.76. The molecule has 0 unspecified atom stereocenters. The summed E-state index contributed by atoms with van der Waals surface area (Å²) in [4.78, 5) is 13.7. The number of rotatable bonds is 7. The number of hydrogen-bond donors (Lipinski definition) is 1. The summed E-state index contributed by atoms with van der Waals surface area (Å²) >= 11 is 0. The minimum absolute atomic E-state index is 0.0786. The molecule has 1 aliphatic rings. The summed E-state index contributed by atoms with van der Waals surface area (Å²) in [6.45, 7) is 2.87. The molecule has 0 spiro atoms. The first kappa shape index (κ1) is 16.8. The molecule has 0 saturated heterocycles. The third kappa shape index (κ3) is 4.73. The Morgan fingerprint density at radius 1 is 1.36 bits per heavy atom. The zero-order valence-electron chi connectivity index (χ0n) is 14.0. The molecule has 0 aromatic heterocycles. The van der Waals surface area contributed by atoms with Crippen LogP contribution in [0.2, 0.25) is 0 Å². The third-order valence-corrected chi connectivity index (χ3v) is 4.50. The number of para-hydroxylation sites is 1. The number of ether oxygens (including phenoxy) is 1. The van der Waals surface area contributed by atoms with E-state index in [0.717, 1.165) is 25.1 Å². The van der Waals surface area contributed by atoms with Gasteiger partial charge in [-0.2, -0.15) is 0 Å². The maximum atomic E-state index is 11.5. The van der Waals surface area contributed by atoms with Gasteiger partial charge < -0.3 is 10.1 Å². The molecule has 2 rings (SSSR count). The Morgan fingerprint density at radius 2 is 2.05 bits per heavy atom. The molecule has 4 heteroatoms. The van der Waals surface area contributed by atoms with Crippen molar-refractivity contribution in [3.05, 3.63) is 29.8 Å². The molecule has 1 saturated carbocycles. The SMILES string of the molecule is CNC(=O)C[C@@H](C)N(C)Cc1ccccc1OC1CCCC1. The van der Waals surface area contributed by atoms with E-state index in [1.807, 2.05) is 12.1 Å². The second-order valence-corrected chi connectivity index (χ2v) is 6.27. The average molecular weight is 304 g/mol. The van der Waals surface area contributed by atoms with Crippen molar-refractivity contribution < 1.29 is 9.53 Å². The molecule has 4 nitrogen and oxygen atoms in total. The van der Waals surface area contributed by atoms with Crippen LogP contribution in [0.25, 0.3) is 0 Å². The molecule has 1 aromatic carbocycles. The molecule has 1 amide bonds. The summed E-state index contributed by atoms with van der Waals surface area (Å²) in [6, 6.07) is 8.45. The van der Waals surface area contributed by atoms with Gasteiger partial charge in [0.05, 0.1) is 6.10 Å². The van der Waals surface area contributed by atoms with Crippen molar-refractivity contribution in [3.8, 4) is 5.75 Å². The second-order valence-electron chi connectivity index (χ2n) is 6.27. The first-order chi connectivity index (χ1) is 10.6. The van der Waals surface area contributed by atoms with Gasteiger partial charge in [-0.3, -0.25) is 9.69 Å².